The second kappa shape index (κ2) is 6.78. The third-order valence-electron chi connectivity index (χ3n) is 5.00. The summed E-state index contributed by atoms with van der Waals surface area (Å²) in [6.45, 7) is 2.34. The van der Waals surface area contributed by atoms with Crippen molar-refractivity contribution in [3.63, 3.8) is 0 Å². The smallest absolute Gasteiger partial charge is 0.219 e. The number of benzene rings is 2. The second-order valence-corrected chi connectivity index (χ2v) is 6.75. The van der Waals surface area contributed by atoms with Crippen LogP contribution in [0.1, 0.15) is 23.5 Å². The molecule has 3 aromatic rings. The van der Waals surface area contributed by atoms with Gasteiger partial charge in [-0.2, -0.15) is 0 Å². The van der Waals surface area contributed by atoms with Crippen molar-refractivity contribution < 1.29 is 5.11 Å². The number of nitrogen functional groups attached to an aromatic ring is 1. The Morgan fingerprint density at radius 1 is 1.08 bits per heavy atom. The van der Waals surface area contributed by atoms with Crippen LogP contribution in [0.25, 0.3) is 10.8 Å². The third kappa shape index (κ3) is 3.48. The van der Waals surface area contributed by atoms with Crippen LogP contribution in [0.3, 0.4) is 0 Å². The SMILES string of the molecule is Nc1ncc(CN2CC[C@@H](c3ccc4ccccc4c3)[C@H](O)C2)cn1. The predicted octanol–water partition coefficient (Wildman–Crippen LogP) is 2.56. The van der Waals surface area contributed by atoms with E-state index in [1.807, 2.05) is 0 Å². The Morgan fingerprint density at radius 3 is 2.60 bits per heavy atom. The maximum absolute atomic E-state index is 10.7. The van der Waals surface area contributed by atoms with Crippen molar-refractivity contribution in [2.45, 2.75) is 25.0 Å². The molecule has 0 unspecified atom stereocenters. The summed E-state index contributed by atoms with van der Waals surface area (Å²) in [5.41, 5.74) is 7.77. The quantitative estimate of drug-likeness (QED) is 0.770. The molecular formula is C20H22N4O. The third-order valence-corrected chi connectivity index (χ3v) is 5.00. The Bertz CT molecular complexity index is 865. The van der Waals surface area contributed by atoms with E-state index in [4.69, 9.17) is 5.73 Å². The minimum Gasteiger partial charge on any atom is -0.391 e. The number of piperidine rings is 1. The van der Waals surface area contributed by atoms with Gasteiger partial charge in [0, 0.05) is 37.0 Å². The number of anilines is 1. The molecule has 4 rings (SSSR count). The first-order chi connectivity index (χ1) is 12.2. The molecule has 0 radical (unpaired) electrons. The lowest BCUT2D eigenvalue weighted by Gasteiger charge is -2.36. The normalized spacial score (nSPS) is 21.5. The summed E-state index contributed by atoms with van der Waals surface area (Å²) in [5.74, 6) is 0.474. The number of nitrogens with two attached hydrogens (primary N) is 1. The topological polar surface area (TPSA) is 75.3 Å². The van der Waals surface area contributed by atoms with Crippen molar-refractivity contribution in [2.24, 2.45) is 0 Å². The number of nitrogens with zero attached hydrogens (tertiary/aromatic N) is 3. The van der Waals surface area contributed by atoms with Crippen molar-refractivity contribution in [3.8, 4) is 0 Å². The highest BCUT2D eigenvalue weighted by Crippen LogP contribution is 2.31. The zero-order valence-corrected chi connectivity index (χ0v) is 14.0. The van der Waals surface area contributed by atoms with E-state index >= 15 is 0 Å². The summed E-state index contributed by atoms with van der Waals surface area (Å²) in [6, 6.07) is 14.9. The number of aliphatic hydroxyl groups is 1. The maximum atomic E-state index is 10.7. The van der Waals surface area contributed by atoms with Crippen LogP contribution < -0.4 is 5.73 Å². The molecule has 1 saturated heterocycles. The van der Waals surface area contributed by atoms with Crippen molar-refractivity contribution >= 4 is 16.7 Å². The van der Waals surface area contributed by atoms with Gasteiger partial charge in [-0.25, -0.2) is 9.97 Å². The van der Waals surface area contributed by atoms with Crippen LogP contribution >= 0.6 is 0 Å². The standard InChI is InChI=1S/C20H22N4O/c21-20-22-10-14(11-23-20)12-24-8-7-18(19(25)13-24)17-6-5-15-3-1-2-4-16(15)9-17/h1-6,9-11,18-19,25H,7-8,12-13H2,(H2,21,22,23)/t18-,19+/m0/s1. The van der Waals surface area contributed by atoms with Crippen LogP contribution in [-0.2, 0) is 6.54 Å². The summed E-state index contributed by atoms with van der Waals surface area (Å²) in [5, 5.41) is 13.2. The molecule has 0 saturated carbocycles. The number of aromatic nitrogens is 2. The number of aliphatic hydroxyl groups excluding tert-OH is 1. The van der Waals surface area contributed by atoms with Crippen LogP contribution in [0, 0.1) is 0 Å². The highest BCUT2D eigenvalue weighted by molar-refractivity contribution is 5.83. The molecule has 3 N–H and O–H groups in total. The van der Waals surface area contributed by atoms with Crippen LogP contribution in [0.5, 0.6) is 0 Å². The minimum absolute atomic E-state index is 0.184. The number of hydrogen-bond acceptors (Lipinski definition) is 5. The van der Waals surface area contributed by atoms with Crippen LogP contribution in [0.2, 0.25) is 0 Å². The monoisotopic (exact) mass is 334 g/mol. The molecule has 0 bridgehead atoms. The van der Waals surface area contributed by atoms with E-state index in [1.54, 1.807) is 12.4 Å². The summed E-state index contributed by atoms with van der Waals surface area (Å²) in [4.78, 5) is 10.3. The van der Waals surface area contributed by atoms with Crippen molar-refractivity contribution in [3.05, 3.63) is 66.0 Å². The Morgan fingerprint density at radius 2 is 1.84 bits per heavy atom. The lowest BCUT2D eigenvalue weighted by Crippen LogP contribution is -2.42. The molecule has 5 nitrogen and oxygen atoms in total. The second-order valence-electron chi connectivity index (χ2n) is 6.75. The average molecular weight is 334 g/mol. The molecule has 2 heterocycles. The van der Waals surface area contributed by atoms with Crippen LogP contribution in [0.15, 0.2) is 54.9 Å². The molecule has 0 aliphatic carbocycles. The summed E-state index contributed by atoms with van der Waals surface area (Å²) in [7, 11) is 0. The first-order valence-corrected chi connectivity index (χ1v) is 8.64. The average Bonchev–Trinajstić information content (AvgIpc) is 2.63. The van der Waals surface area contributed by atoms with Gasteiger partial charge >= 0.3 is 0 Å². The number of likely N-dealkylation sites (tertiary alicyclic amines) is 1. The minimum atomic E-state index is -0.371. The Labute approximate surface area is 147 Å². The molecule has 0 spiro atoms. The fraction of sp³-hybridized carbons (Fsp3) is 0.300. The van der Waals surface area contributed by atoms with Crippen molar-refractivity contribution in [1.82, 2.24) is 14.9 Å². The Kier molecular flexibility index (Phi) is 4.34. The molecule has 25 heavy (non-hydrogen) atoms. The molecule has 0 amide bonds. The lowest BCUT2D eigenvalue weighted by atomic mass is 9.86. The van der Waals surface area contributed by atoms with E-state index in [-0.39, 0.29) is 12.0 Å². The van der Waals surface area contributed by atoms with E-state index in [2.05, 4.69) is 57.3 Å². The fourth-order valence-electron chi connectivity index (χ4n) is 3.67. The van der Waals surface area contributed by atoms with E-state index in [1.165, 1.54) is 16.3 Å². The summed E-state index contributed by atoms with van der Waals surface area (Å²) < 4.78 is 0. The molecule has 1 aromatic heterocycles. The Hall–Kier alpha value is -2.50. The predicted molar refractivity (Wildman–Crippen MR) is 99.0 cm³/mol. The van der Waals surface area contributed by atoms with E-state index in [0.29, 0.717) is 12.5 Å². The molecule has 5 heteroatoms. The largest absolute Gasteiger partial charge is 0.391 e. The van der Waals surface area contributed by atoms with Crippen LogP contribution in [0.4, 0.5) is 5.95 Å². The van der Waals surface area contributed by atoms with Gasteiger partial charge in [0.15, 0.2) is 0 Å². The van der Waals surface area contributed by atoms with E-state index < -0.39 is 0 Å². The van der Waals surface area contributed by atoms with Crippen molar-refractivity contribution in [1.29, 1.82) is 0 Å². The van der Waals surface area contributed by atoms with Gasteiger partial charge in [0.1, 0.15) is 0 Å². The molecule has 2 atom stereocenters. The van der Waals surface area contributed by atoms with Gasteiger partial charge < -0.3 is 10.8 Å². The number of β-amino-alcohol motifs (C(OH)–C–C–N with tert-alkyl or cyclic N) is 1. The zero-order valence-electron chi connectivity index (χ0n) is 14.0. The molecule has 1 aliphatic rings. The number of hydrogen-bond donors (Lipinski definition) is 2. The van der Waals surface area contributed by atoms with Gasteiger partial charge in [0.25, 0.3) is 0 Å². The molecule has 128 valence electrons. The first kappa shape index (κ1) is 16.0. The van der Waals surface area contributed by atoms with Gasteiger partial charge in [-0.15, -0.1) is 0 Å². The summed E-state index contributed by atoms with van der Waals surface area (Å²) >= 11 is 0. The van der Waals surface area contributed by atoms with Gasteiger partial charge in [-0.1, -0.05) is 42.5 Å². The zero-order chi connectivity index (χ0) is 17.2. The molecule has 2 aromatic carbocycles. The maximum Gasteiger partial charge on any atom is 0.219 e. The molecule has 1 aliphatic heterocycles. The first-order valence-electron chi connectivity index (χ1n) is 8.64. The summed E-state index contributed by atoms with van der Waals surface area (Å²) in [6.07, 6.45) is 4.08. The van der Waals surface area contributed by atoms with Gasteiger partial charge in [0.2, 0.25) is 5.95 Å². The molecular weight excluding hydrogens is 312 g/mol. The molecule has 1 fully saturated rings. The van der Waals surface area contributed by atoms with E-state index in [9.17, 15) is 5.11 Å². The fourth-order valence-corrected chi connectivity index (χ4v) is 3.67. The number of rotatable bonds is 3. The highest BCUT2D eigenvalue weighted by Gasteiger charge is 2.29. The highest BCUT2D eigenvalue weighted by atomic mass is 16.3. The number of fused-ring (bicyclic) bond motifs is 1. The Balaban J connectivity index is 1.46. The van der Waals surface area contributed by atoms with Gasteiger partial charge in [0.05, 0.1) is 6.10 Å². The lowest BCUT2D eigenvalue weighted by molar-refractivity contribution is 0.0476. The van der Waals surface area contributed by atoms with E-state index in [0.717, 1.165) is 25.1 Å². The van der Waals surface area contributed by atoms with Gasteiger partial charge in [-0.3, -0.25) is 4.90 Å². The van der Waals surface area contributed by atoms with Crippen LogP contribution in [-0.4, -0.2) is 39.2 Å². The van der Waals surface area contributed by atoms with Crippen molar-refractivity contribution in [2.75, 3.05) is 18.8 Å². The van der Waals surface area contributed by atoms with Gasteiger partial charge in [-0.05, 0) is 29.3 Å².